The lowest BCUT2D eigenvalue weighted by atomic mass is 9.94. The lowest BCUT2D eigenvalue weighted by Gasteiger charge is -2.25. The molecule has 2 N–H and O–H groups in total. The van der Waals surface area contributed by atoms with Crippen LogP contribution in [0.3, 0.4) is 0 Å². The Morgan fingerprint density at radius 3 is 2.48 bits per heavy atom. The van der Waals surface area contributed by atoms with Crippen molar-refractivity contribution in [2.24, 2.45) is 0 Å². The maximum Gasteiger partial charge on any atom is 0.433 e. The summed E-state index contributed by atoms with van der Waals surface area (Å²) in [7, 11) is 0. The molecule has 0 aromatic carbocycles. The van der Waals surface area contributed by atoms with Crippen LogP contribution in [0.25, 0.3) is 0 Å². The number of halogens is 3. The third-order valence-electron chi connectivity index (χ3n) is 4.12. The average Bonchev–Trinajstić information content (AvgIpc) is 2.46. The molecule has 0 saturated carbocycles. The fourth-order valence-electron chi connectivity index (χ4n) is 3.04. The number of anilines is 1. The largest absolute Gasteiger partial charge is 0.433 e. The molecule has 1 aliphatic carbocycles. The van der Waals surface area contributed by atoms with Crippen LogP contribution in [0.15, 0.2) is 0 Å². The molecular weight excluding hydrogens is 281 g/mol. The summed E-state index contributed by atoms with van der Waals surface area (Å²) in [4.78, 5) is 8.12. The molecule has 0 atom stereocenters. The number of alkyl halides is 3. The second-order valence-electron chi connectivity index (χ2n) is 5.69. The minimum atomic E-state index is -4.41. The van der Waals surface area contributed by atoms with Crippen molar-refractivity contribution in [2.45, 2.75) is 50.7 Å². The topological polar surface area (TPSA) is 49.8 Å². The van der Waals surface area contributed by atoms with Crippen LogP contribution in [0.4, 0.5) is 19.1 Å². The third-order valence-corrected chi connectivity index (χ3v) is 4.12. The van der Waals surface area contributed by atoms with Gasteiger partial charge in [0.05, 0.1) is 0 Å². The van der Waals surface area contributed by atoms with E-state index in [1.54, 1.807) is 0 Å². The summed E-state index contributed by atoms with van der Waals surface area (Å²) < 4.78 is 39.6. The number of nitrogens with one attached hydrogen (secondary N) is 2. The van der Waals surface area contributed by atoms with Crippen molar-refractivity contribution in [1.82, 2.24) is 15.3 Å². The second kappa shape index (κ2) is 5.79. The highest BCUT2D eigenvalue weighted by Gasteiger charge is 2.38. The lowest BCUT2D eigenvalue weighted by molar-refractivity contribution is -0.142. The molecule has 0 radical (unpaired) electrons. The Hall–Kier alpha value is -1.37. The summed E-state index contributed by atoms with van der Waals surface area (Å²) in [6, 6.07) is 0.147. The van der Waals surface area contributed by atoms with Gasteiger partial charge in [0.1, 0.15) is 0 Å². The van der Waals surface area contributed by atoms with Crippen LogP contribution in [0, 0.1) is 0 Å². The molecule has 1 aromatic heterocycles. The van der Waals surface area contributed by atoms with Gasteiger partial charge in [-0.2, -0.15) is 13.2 Å². The Bertz CT molecular complexity index is 510. The van der Waals surface area contributed by atoms with Crippen molar-refractivity contribution in [3.8, 4) is 0 Å². The average molecular weight is 300 g/mol. The van der Waals surface area contributed by atoms with Crippen molar-refractivity contribution in [3.63, 3.8) is 0 Å². The molecule has 1 aromatic rings. The number of piperidine rings is 1. The summed E-state index contributed by atoms with van der Waals surface area (Å²) in [6.07, 6.45) is 0.0623. The van der Waals surface area contributed by atoms with Crippen molar-refractivity contribution >= 4 is 5.95 Å². The zero-order chi connectivity index (χ0) is 14.9. The van der Waals surface area contributed by atoms with Gasteiger partial charge < -0.3 is 10.6 Å². The van der Waals surface area contributed by atoms with E-state index in [0.29, 0.717) is 24.1 Å². The number of rotatable bonds is 2. The zero-order valence-corrected chi connectivity index (χ0v) is 11.8. The Morgan fingerprint density at radius 2 is 1.76 bits per heavy atom. The molecule has 7 heteroatoms. The predicted octanol–water partition coefficient (Wildman–Crippen LogP) is 2.54. The molecular formula is C14H19F3N4. The van der Waals surface area contributed by atoms with Gasteiger partial charge in [-0.05, 0) is 51.6 Å². The fourth-order valence-corrected chi connectivity index (χ4v) is 3.04. The number of fused-ring (bicyclic) bond motifs is 1. The molecule has 4 nitrogen and oxygen atoms in total. The van der Waals surface area contributed by atoms with Crippen molar-refractivity contribution in [1.29, 1.82) is 0 Å². The third kappa shape index (κ3) is 3.28. The maximum absolute atomic E-state index is 13.2. The normalized spacial score (nSPS) is 20.1. The SMILES string of the molecule is FC(F)(F)c1nc(NC2CCNCC2)nc2c1CCCC2. The number of aryl methyl sites for hydroxylation is 1. The van der Waals surface area contributed by atoms with Crippen molar-refractivity contribution < 1.29 is 13.2 Å². The predicted molar refractivity (Wildman–Crippen MR) is 73.2 cm³/mol. The quantitative estimate of drug-likeness (QED) is 0.881. The number of aromatic nitrogens is 2. The number of hydrogen-bond acceptors (Lipinski definition) is 4. The molecule has 2 aliphatic rings. The monoisotopic (exact) mass is 300 g/mol. The minimum Gasteiger partial charge on any atom is -0.351 e. The molecule has 1 aliphatic heterocycles. The first-order valence-electron chi connectivity index (χ1n) is 7.48. The van der Waals surface area contributed by atoms with E-state index < -0.39 is 11.9 Å². The zero-order valence-electron chi connectivity index (χ0n) is 11.8. The molecule has 0 spiro atoms. The summed E-state index contributed by atoms with van der Waals surface area (Å²) in [5, 5.41) is 6.31. The molecule has 116 valence electrons. The van der Waals surface area contributed by atoms with E-state index >= 15 is 0 Å². The van der Waals surface area contributed by atoms with Gasteiger partial charge in [0, 0.05) is 17.3 Å². The van der Waals surface area contributed by atoms with Crippen LogP contribution in [-0.4, -0.2) is 29.1 Å². The first kappa shape index (κ1) is 14.6. The molecule has 2 heterocycles. The van der Waals surface area contributed by atoms with E-state index in [-0.39, 0.29) is 12.0 Å². The van der Waals surface area contributed by atoms with Gasteiger partial charge in [0.2, 0.25) is 5.95 Å². The molecule has 0 amide bonds. The van der Waals surface area contributed by atoms with Crippen LogP contribution in [0.2, 0.25) is 0 Å². The van der Waals surface area contributed by atoms with Crippen LogP contribution in [0.5, 0.6) is 0 Å². The standard InChI is InChI=1S/C14H19F3N4/c15-14(16,17)12-10-3-1-2-4-11(10)20-13(21-12)19-9-5-7-18-8-6-9/h9,18H,1-8H2,(H,19,20,21). The summed E-state index contributed by atoms with van der Waals surface area (Å²) in [6.45, 7) is 1.74. The molecule has 0 unspecified atom stereocenters. The van der Waals surface area contributed by atoms with E-state index in [4.69, 9.17) is 0 Å². The summed E-state index contributed by atoms with van der Waals surface area (Å²) in [5.41, 5.74) is 0.119. The van der Waals surface area contributed by atoms with E-state index in [0.717, 1.165) is 38.8 Å². The van der Waals surface area contributed by atoms with Gasteiger partial charge in [0.15, 0.2) is 5.69 Å². The van der Waals surface area contributed by atoms with Crippen molar-refractivity contribution in [3.05, 3.63) is 17.0 Å². The minimum absolute atomic E-state index is 0.134. The summed E-state index contributed by atoms with van der Waals surface area (Å²) >= 11 is 0. The fraction of sp³-hybridized carbons (Fsp3) is 0.714. The Kier molecular flexibility index (Phi) is 4.01. The highest BCUT2D eigenvalue weighted by molar-refractivity contribution is 5.38. The smallest absolute Gasteiger partial charge is 0.351 e. The van der Waals surface area contributed by atoms with Crippen LogP contribution in [-0.2, 0) is 19.0 Å². The molecule has 21 heavy (non-hydrogen) atoms. The Balaban J connectivity index is 1.90. The van der Waals surface area contributed by atoms with Gasteiger partial charge in [0.25, 0.3) is 0 Å². The van der Waals surface area contributed by atoms with E-state index in [1.807, 2.05) is 0 Å². The van der Waals surface area contributed by atoms with Crippen LogP contribution < -0.4 is 10.6 Å². The van der Waals surface area contributed by atoms with Crippen LogP contribution >= 0.6 is 0 Å². The number of hydrogen-bond donors (Lipinski definition) is 2. The van der Waals surface area contributed by atoms with Crippen molar-refractivity contribution in [2.75, 3.05) is 18.4 Å². The molecule has 1 fully saturated rings. The van der Waals surface area contributed by atoms with E-state index in [9.17, 15) is 13.2 Å². The maximum atomic E-state index is 13.2. The number of nitrogens with zero attached hydrogens (tertiary/aromatic N) is 2. The first-order valence-corrected chi connectivity index (χ1v) is 7.48. The van der Waals surface area contributed by atoms with E-state index in [2.05, 4.69) is 20.6 Å². The molecule has 1 saturated heterocycles. The molecule has 0 bridgehead atoms. The molecule has 3 rings (SSSR count). The first-order chi connectivity index (χ1) is 10.0. The highest BCUT2D eigenvalue weighted by atomic mass is 19.4. The second-order valence-corrected chi connectivity index (χ2v) is 5.69. The van der Waals surface area contributed by atoms with E-state index in [1.165, 1.54) is 0 Å². The highest BCUT2D eigenvalue weighted by Crippen LogP contribution is 2.35. The van der Waals surface area contributed by atoms with Crippen LogP contribution in [0.1, 0.15) is 42.6 Å². The van der Waals surface area contributed by atoms with Gasteiger partial charge >= 0.3 is 6.18 Å². The Labute approximate surface area is 121 Å². The van der Waals surface area contributed by atoms with Gasteiger partial charge in [-0.15, -0.1) is 0 Å². The lowest BCUT2D eigenvalue weighted by Crippen LogP contribution is -2.36. The van der Waals surface area contributed by atoms with Gasteiger partial charge in [-0.25, -0.2) is 9.97 Å². The summed E-state index contributed by atoms with van der Waals surface area (Å²) in [5.74, 6) is 0.134. The Morgan fingerprint density at radius 1 is 1.05 bits per heavy atom. The van der Waals surface area contributed by atoms with Gasteiger partial charge in [-0.1, -0.05) is 0 Å². The van der Waals surface area contributed by atoms with Gasteiger partial charge in [-0.3, -0.25) is 0 Å².